The number of rotatable bonds is 3. The van der Waals surface area contributed by atoms with E-state index in [1.54, 1.807) is 6.07 Å². The minimum Gasteiger partial charge on any atom is -0.325 e. The SMILES string of the molecule is N#CCc1cnc(CN)c(F)c1C(F)F. The second-order valence-corrected chi connectivity index (χ2v) is 2.80. The fourth-order valence-electron chi connectivity index (χ4n) is 1.18. The van der Waals surface area contributed by atoms with Gasteiger partial charge in [0.2, 0.25) is 0 Å². The second-order valence-electron chi connectivity index (χ2n) is 2.80. The molecule has 0 saturated heterocycles. The average molecular weight is 215 g/mol. The summed E-state index contributed by atoms with van der Waals surface area (Å²) in [5.74, 6) is -1.11. The molecule has 0 aliphatic carbocycles. The van der Waals surface area contributed by atoms with Crippen molar-refractivity contribution < 1.29 is 13.2 Å². The Bertz CT molecular complexity index is 398. The van der Waals surface area contributed by atoms with Crippen LogP contribution in [0.5, 0.6) is 0 Å². The van der Waals surface area contributed by atoms with E-state index in [1.165, 1.54) is 0 Å². The van der Waals surface area contributed by atoms with Crippen molar-refractivity contribution >= 4 is 0 Å². The summed E-state index contributed by atoms with van der Waals surface area (Å²) in [7, 11) is 0. The maximum absolute atomic E-state index is 13.4. The van der Waals surface area contributed by atoms with E-state index >= 15 is 0 Å². The molecule has 3 nitrogen and oxygen atoms in total. The van der Waals surface area contributed by atoms with Gasteiger partial charge in [0.1, 0.15) is 0 Å². The maximum atomic E-state index is 13.4. The molecule has 0 amide bonds. The first-order valence-electron chi connectivity index (χ1n) is 4.13. The van der Waals surface area contributed by atoms with Crippen LogP contribution in [0.1, 0.15) is 23.2 Å². The Morgan fingerprint density at radius 2 is 2.20 bits per heavy atom. The third-order valence-corrected chi connectivity index (χ3v) is 1.89. The van der Waals surface area contributed by atoms with Crippen LogP contribution >= 0.6 is 0 Å². The van der Waals surface area contributed by atoms with Gasteiger partial charge in [-0.3, -0.25) is 4.98 Å². The highest BCUT2D eigenvalue weighted by molar-refractivity contribution is 5.31. The number of pyridine rings is 1. The van der Waals surface area contributed by atoms with Crippen LogP contribution in [0, 0.1) is 17.1 Å². The Kier molecular flexibility index (Phi) is 3.63. The van der Waals surface area contributed by atoms with Gasteiger partial charge in [-0.25, -0.2) is 13.2 Å². The van der Waals surface area contributed by atoms with Crippen molar-refractivity contribution in [2.75, 3.05) is 0 Å². The molecule has 0 aliphatic heterocycles. The molecule has 0 spiro atoms. The standard InChI is InChI=1S/C9H8F3N3/c10-8-6(3-14)15-4-5(1-2-13)7(8)9(11)12/h4,9H,1,3,14H2. The van der Waals surface area contributed by atoms with Crippen LogP contribution in [0.15, 0.2) is 6.20 Å². The zero-order valence-corrected chi connectivity index (χ0v) is 7.67. The Labute approximate surface area is 84.3 Å². The van der Waals surface area contributed by atoms with Gasteiger partial charge in [0.15, 0.2) is 5.82 Å². The molecule has 1 rings (SSSR count). The third-order valence-electron chi connectivity index (χ3n) is 1.89. The molecule has 6 heteroatoms. The summed E-state index contributed by atoms with van der Waals surface area (Å²) < 4.78 is 38.4. The zero-order valence-electron chi connectivity index (χ0n) is 7.67. The Hall–Kier alpha value is -1.61. The molecular weight excluding hydrogens is 207 g/mol. The Morgan fingerprint density at radius 1 is 1.53 bits per heavy atom. The Balaban J connectivity index is 3.32. The molecule has 1 heterocycles. The number of hydrogen-bond acceptors (Lipinski definition) is 3. The van der Waals surface area contributed by atoms with Crippen molar-refractivity contribution in [1.82, 2.24) is 4.98 Å². The number of aromatic nitrogens is 1. The molecule has 80 valence electrons. The van der Waals surface area contributed by atoms with E-state index in [4.69, 9.17) is 11.0 Å². The van der Waals surface area contributed by atoms with Crippen LogP contribution in [0.3, 0.4) is 0 Å². The summed E-state index contributed by atoms with van der Waals surface area (Å²) >= 11 is 0. The molecular formula is C9H8F3N3. The van der Waals surface area contributed by atoms with E-state index < -0.39 is 17.8 Å². The van der Waals surface area contributed by atoms with E-state index in [0.29, 0.717) is 0 Å². The van der Waals surface area contributed by atoms with Gasteiger partial charge in [0.05, 0.1) is 23.7 Å². The van der Waals surface area contributed by atoms with Gasteiger partial charge in [0.25, 0.3) is 6.43 Å². The van der Waals surface area contributed by atoms with Gasteiger partial charge < -0.3 is 5.73 Å². The number of alkyl halides is 2. The van der Waals surface area contributed by atoms with Crippen molar-refractivity contribution in [3.63, 3.8) is 0 Å². The monoisotopic (exact) mass is 215 g/mol. The molecule has 0 bridgehead atoms. The molecule has 0 aromatic carbocycles. The fraction of sp³-hybridized carbons (Fsp3) is 0.333. The molecule has 0 saturated carbocycles. The summed E-state index contributed by atoms with van der Waals surface area (Å²) in [4.78, 5) is 3.57. The van der Waals surface area contributed by atoms with E-state index in [1.807, 2.05) is 0 Å². The summed E-state index contributed by atoms with van der Waals surface area (Å²) in [5, 5.41) is 8.37. The van der Waals surface area contributed by atoms with E-state index in [-0.39, 0.29) is 24.2 Å². The largest absolute Gasteiger partial charge is 0.325 e. The van der Waals surface area contributed by atoms with Crippen molar-refractivity contribution in [3.05, 3.63) is 28.8 Å². The normalized spacial score (nSPS) is 10.4. The summed E-state index contributed by atoms with van der Waals surface area (Å²) in [5.41, 5.74) is 4.05. The molecule has 0 aliphatic rings. The van der Waals surface area contributed by atoms with E-state index in [9.17, 15) is 13.2 Å². The topological polar surface area (TPSA) is 62.7 Å². The van der Waals surface area contributed by atoms with Crippen LogP contribution in [0.4, 0.5) is 13.2 Å². The second kappa shape index (κ2) is 4.75. The molecule has 1 aromatic rings. The lowest BCUT2D eigenvalue weighted by Gasteiger charge is -2.09. The summed E-state index contributed by atoms with van der Waals surface area (Å²) in [6.07, 6.45) is -2.20. The van der Waals surface area contributed by atoms with Gasteiger partial charge in [-0.2, -0.15) is 5.26 Å². The first-order valence-corrected chi connectivity index (χ1v) is 4.13. The average Bonchev–Trinajstić information content (AvgIpc) is 2.18. The molecule has 0 radical (unpaired) electrons. The van der Waals surface area contributed by atoms with E-state index in [0.717, 1.165) is 6.20 Å². The first kappa shape index (κ1) is 11.5. The van der Waals surface area contributed by atoms with Crippen LogP contribution < -0.4 is 5.73 Å². The summed E-state index contributed by atoms with van der Waals surface area (Å²) in [6, 6.07) is 1.67. The highest BCUT2D eigenvalue weighted by Crippen LogP contribution is 2.27. The fourth-order valence-corrected chi connectivity index (χ4v) is 1.18. The summed E-state index contributed by atoms with van der Waals surface area (Å²) in [6.45, 7) is -0.252. The lowest BCUT2D eigenvalue weighted by Crippen LogP contribution is -2.09. The molecule has 15 heavy (non-hydrogen) atoms. The lowest BCUT2D eigenvalue weighted by molar-refractivity contribution is 0.144. The van der Waals surface area contributed by atoms with Crippen LogP contribution in [-0.4, -0.2) is 4.98 Å². The molecule has 0 atom stereocenters. The molecule has 0 fully saturated rings. The number of nitriles is 1. The van der Waals surface area contributed by atoms with Gasteiger partial charge in [-0.1, -0.05) is 0 Å². The molecule has 0 unspecified atom stereocenters. The molecule has 2 N–H and O–H groups in total. The van der Waals surface area contributed by atoms with Crippen molar-refractivity contribution in [2.45, 2.75) is 19.4 Å². The van der Waals surface area contributed by atoms with Crippen LogP contribution in [-0.2, 0) is 13.0 Å². The van der Waals surface area contributed by atoms with E-state index in [2.05, 4.69) is 4.98 Å². The Morgan fingerprint density at radius 3 is 2.67 bits per heavy atom. The number of halogens is 3. The van der Waals surface area contributed by atoms with Crippen LogP contribution in [0.2, 0.25) is 0 Å². The molecule has 1 aromatic heterocycles. The zero-order chi connectivity index (χ0) is 11.4. The van der Waals surface area contributed by atoms with Gasteiger partial charge in [-0.15, -0.1) is 0 Å². The maximum Gasteiger partial charge on any atom is 0.267 e. The smallest absolute Gasteiger partial charge is 0.267 e. The number of nitrogens with two attached hydrogens (primary N) is 1. The van der Waals surface area contributed by atoms with Crippen molar-refractivity contribution in [2.24, 2.45) is 5.73 Å². The van der Waals surface area contributed by atoms with Crippen molar-refractivity contribution in [3.8, 4) is 6.07 Å². The highest BCUT2D eigenvalue weighted by atomic mass is 19.3. The quantitative estimate of drug-likeness (QED) is 0.834. The first-order chi connectivity index (χ1) is 7.11. The predicted molar refractivity (Wildman–Crippen MR) is 46.4 cm³/mol. The van der Waals surface area contributed by atoms with Gasteiger partial charge in [0, 0.05) is 12.7 Å². The van der Waals surface area contributed by atoms with Crippen molar-refractivity contribution in [1.29, 1.82) is 5.26 Å². The highest BCUT2D eigenvalue weighted by Gasteiger charge is 2.21. The van der Waals surface area contributed by atoms with Gasteiger partial charge >= 0.3 is 0 Å². The minimum atomic E-state index is -2.97. The predicted octanol–water partition coefficient (Wildman–Crippen LogP) is 1.68. The minimum absolute atomic E-state index is 0.0952. The number of hydrogen-bond donors (Lipinski definition) is 1. The third kappa shape index (κ3) is 2.25. The van der Waals surface area contributed by atoms with Gasteiger partial charge in [-0.05, 0) is 5.56 Å². The van der Waals surface area contributed by atoms with Crippen LogP contribution in [0.25, 0.3) is 0 Å². The lowest BCUT2D eigenvalue weighted by atomic mass is 10.1. The number of nitrogens with zero attached hydrogens (tertiary/aromatic N) is 2.